The van der Waals surface area contributed by atoms with E-state index >= 15 is 0 Å². The Bertz CT molecular complexity index is 1370. The molecule has 4 heterocycles. The van der Waals surface area contributed by atoms with Gasteiger partial charge < -0.3 is 0 Å². The zero-order valence-corrected chi connectivity index (χ0v) is 14.8. The Morgan fingerprint density at radius 3 is 2.54 bits per heavy atom. The maximum absolute atomic E-state index is 13.3. The standard InChI is InChI=1S/C19H14FN7O/c1-2-15-17(12-3-5-13(20)6-4-12)18-21-9-14-16(27(18)24-15)7-8-26(19(14)28)25-10-22-23-11-25/h3-11H,2H2,1H3. The van der Waals surface area contributed by atoms with E-state index in [2.05, 4.69) is 20.3 Å². The molecule has 28 heavy (non-hydrogen) atoms. The first-order valence-corrected chi connectivity index (χ1v) is 8.70. The maximum Gasteiger partial charge on any atom is 0.280 e. The van der Waals surface area contributed by atoms with E-state index in [4.69, 9.17) is 0 Å². The molecule has 0 saturated heterocycles. The largest absolute Gasteiger partial charge is 0.280 e. The number of aryl methyl sites for hydroxylation is 1. The van der Waals surface area contributed by atoms with Crippen LogP contribution in [0.25, 0.3) is 27.7 Å². The van der Waals surface area contributed by atoms with Gasteiger partial charge in [-0.2, -0.15) is 5.10 Å². The van der Waals surface area contributed by atoms with Crippen LogP contribution in [0.2, 0.25) is 0 Å². The van der Waals surface area contributed by atoms with Crippen LogP contribution in [0.3, 0.4) is 0 Å². The molecule has 0 aliphatic rings. The van der Waals surface area contributed by atoms with Gasteiger partial charge in [0.15, 0.2) is 5.65 Å². The van der Waals surface area contributed by atoms with Crippen molar-refractivity contribution in [1.82, 2.24) is 34.1 Å². The van der Waals surface area contributed by atoms with Gasteiger partial charge in [0, 0.05) is 18.0 Å². The van der Waals surface area contributed by atoms with Crippen molar-refractivity contribution in [3.63, 3.8) is 0 Å². The van der Waals surface area contributed by atoms with E-state index in [0.717, 1.165) is 16.8 Å². The molecule has 0 fully saturated rings. The fourth-order valence-electron chi connectivity index (χ4n) is 3.35. The first kappa shape index (κ1) is 16.3. The van der Waals surface area contributed by atoms with Crippen molar-refractivity contribution in [3.8, 4) is 11.1 Å². The molecule has 4 aromatic heterocycles. The van der Waals surface area contributed by atoms with Crippen LogP contribution < -0.4 is 5.56 Å². The molecular weight excluding hydrogens is 361 g/mol. The van der Waals surface area contributed by atoms with E-state index in [1.165, 1.54) is 34.1 Å². The first-order valence-electron chi connectivity index (χ1n) is 8.70. The molecule has 0 bridgehead atoms. The number of benzene rings is 1. The lowest BCUT2D eigenvalue weighted by atomic mass is 10.0. The van der Waals surface area contributed by atoms with E-state index in [0.29, 0.717) is 23.0 Å². The van der Waals surface area contributed by atoms with Crippen molar-refractivity contribution in [2.45, 2.75) is 13.3 Å². The van der Waals surface area contributed by atoms with Gasteiger partial charge in [0.25, 0.3) is 5.56 Å². The predicted octanol–water partition coefficient (Wildman–Crippen LogP) is 2.32. The molecule has 0 unspecified atom stereocenters. The number of hydrogen-bond donors (Lipinski definition) is 0. The molecule has 0 amide bonds. The maximum atomic E-state index is 13.3. The number of aromatic nitrogens is 7. The van der Waals surface area contributed by atoms with Gasteiger partial charge >= 0.3 is 0 Å². The highest BCUT2D eigenvalue weighted by Gasteiger charge is 2.18. The first-order chi connectivity index (χ1) is 13.7. The Morgan fingerprint density at radius 1 is 1.07 bits per heavy atom. The van der Waals surface area contributed by atoms with Crippen molar-refractivity contribution < 1.29 is 4.39 Å². The molecule has 0 saturated carbocycles. The summed E-state index contributed by atoms with van der Waals surface area (Å²) in [4.78, 5) is 17.4. The van der Waals surface area contributed by atoms with E-state index in [-0.39, 0.29) is 11.4 Å². The van der Waals surface area contributed by atoms with Crippen LogP contribution in [0.15, 0.2) is 60.2 Å². The summed E-state index contributed by atoms with van der Waals surface area (Å²) < 4.78 is 17.9. The summed E-state index contributed by atoms with van der Waals surface area (Å²) in [5, 5.41) is 12.5. The van der Waals surface area contributed by atoms with Crippen LogP contribution in [0.4, 0.5) is 4.39 Å². The second-order valence-electron chi connectivity index (χ2n) is 6.28. The van der Waals surface area contributed by atoms with Gasteiger partial charge in [0.05, 0.1) is 16.6 Å². The number of nitrogens with zero attached hydrogens (tertiary/aromatic N) is 7. The number of rotatable bonds is 3. The minimum Gasteiger partial charge on any atom is -0.267 e. The van der Waals surface area contributed by atoms with Crippen LogP contribution in [0.1, 0.15) is 12.6 Å². The van der Waals surface area contributed by atoms with Crippen molar-refractivity contribution >= 4 is 16.6 Å². The van der Waals surface area contributed by atoms with Crippen LogP contribution in [-0.4, -0.2) is 34.1 Å². The second kappa shape index (κ2) is 6.08. The smallest absolute Gasteiger partial charge is 0.267 e. The third-order valence-corrected chi connectivity index (χ3v) is 4.69. The third kappa shape index (κ3) is 2.33. The normalized spacial score (nSPS) is 11.5. The summed E-state index contributed by atoms with van der Waals surface area (Å²) in [7, 11) is 0. The van der Waals surface area contributed by atoms with Crippen LogP contribution in [-0.2, 0) is 6.42 Å². The summed E-state index contributed by atoms with van der Waals surface area (Å²) in [6.45, 7) is 2.00. The second-order valence-corrected chi connectivity index (χ2v) is 6.28. The van der Waals surface area contributed by atoms with Gasteiger partial charge in [0.1, 0.15) is 18.5 Å². The minimum atomic E-state index is -0.300. The van der Waals surface area contributed by atoms with Crippen LogP contribution in [0, 0.1) is 5.82 Å². The molecule has 0 N–H and O–H groups in total. The molecule has 9 heteroatoms. The van der Waals surface area contributed by atoms with Gasteiger partial charge in [-0.25, -0.2) is 23.2 Å². The van der Waals surface area contributed by atoms with E-state index in [1.807, 2.05) is 6.92 Å². The van der Waals surface area contributed by atoms with E-state index in [1.54, 1.807) is 35.1 Å². The minimum absolute atomic E-state index is 0.261. The molecular formula is C19H14FN7O. The average molecular weight is 375 g/mol. The van der Waals surface area contributed by atoms with Crippen molar-refractivity contribution in [1.29, 1.82) is 0 Å². The quantitative estimate of drug-likeness (QED) is 0.483. The summed E-state index contributed by atoms with van der Waals surface area (Å²) in [5.41, 5.74) is 3.50. The molecule has 1 aromatic carbocycles. The zero-order valence-electron chi connectivity index (χ0n) is 14.8. The fourth-order valence-corrected chi connectivity index (χ4v) is 3.35. The zero-order chi connectivity index (χ0) is 19.3. The summed E-state index contributed by atoms with van der Waals surface area (Å²) >= 11 is 0. The lowest BCUT2D eigenvalue weighted by Crippen LogP contribution is -2.25. The third-order valence-electron chi connectivity index (χ3n) is 4.69. The Balaban J connectivity index is 1.81. The van der Waals surface area contributed by atoms with Gasteiger partial charge in [-0.1, -0.05) is 19.1 Å². The molecule has 5 aromatic rings. The number of hydrogen-bond acceptors (Lipinski definition) is 5. The highest BCUT2D eigenvalue weighted by atomic mass is 19.1. The lowest BCUT2D eigenvalue weighted by Gasteiger charge is -2.07. The van der Waals surface area contributed by atoms with Gasteiger partial charge in [-0.3, -0.25) is 4.79 Å². The van der Waals surface area contributed by atoms with Gasteiger partial charge in [-0.15, -0.1) is 10.2 Å². The molecule has 0 atom stereocenters. The van der Waals surface area contributed by atoms with Gasteiger partial charge in [-0.05, 0) is 30.2 Å². The van der Waals surface area contributed by atoms with Crippen molar-refractivity contribution in [3.05, 3.63) is 77.2 Å². The molecule has 5 rings (SSSR count). The lowest BCUT2D eigenvalue weighted by molar-refractivity contribution is 0.628. The highest BCUT2D eigenvalue weighted by Crippen LogP contribution is 2.29. The molecule has 0 radical (unpaired) electrons. The SMILES string of the molecule is CCc1nn2c(ncc3c(=O)n(-n4cnnc4)ccc32)c1-c1ccc(F)cc1. The molecule has 0 aliphatic heterocycles. The fraction of sp³-hybridized carbons (Fsp3) is 0.105. The Labute approximate surface area is 157 Å². The molecule has 0 aliphatic carbocycles. The Morgan fingerprint density at radius 2 is 1.82 bits per heavy atom. The summed E-state index contributed by atoms with van der Waals surface area (Å²) in [6, 6.07) is 8.05. The predicted molar refractivity (Wildman–Crippen MR) is 100 cm³/mol. The topological polar surface area (TPSA) is 82.9 Å². The molecule has 8 nitrogen and oxygen atoms in total. The van der Waals surface area contributed by atoms with E-state index in [9.17, 15) is 9.18 Å². The van der Waals surface area contributed by atoms with Crippen molar-refractivity contribution in [2.24, 2.45) is 0 Å². The summed E-state index contributed by atoms with van der Waals surface area (Å²) in [6.07, 6.45) is 6.74. The molecule has 0 spiro atoms. The molecule has 138 valence electrons. The van der Waals surface area contributed by atoms with Crippen LogP contribution >= 0.6 is 0 Å². The van der Waals surface area contributed by atoms with E-state index < -0.39 is 0 Å². The Kier molecular flexibility index (Phi) is 3.54. The monoisotopic (exact) mass is 375 g/mol. The Hall–Kier alpha value is -3.88. The number of pyridine rings is 1. The summed E-state index contributed by atoms with van der Waals surface area (Å²) in [5.74, 6) is -0.300. The number of halogens is 1. The van der Waals surface area contributed by atoms with Crippen LogP contribution in [0.5, 0.6) is 0 Å². The van der Waals surface area contributed by atoms with Gasteiger partial charge in [0.2, 0.25) is 0 Å². The average Bonchev–Trinajstić information content (AvgIpc) is 3.36. The van der Waals surface area contributed by atoms with Crippen molar-refractivity contribution in [2.75, 3.05) is 0 Å². The number of fused-ring (bicyclic) bond motifs is 3. The highest BCUT2D eigenvalue weighted by molar-refractivity contribution is 5.86.